The third kappa shape index (κ3) is 5.06. The van der Waals surface area contributed by atoms with Crippen LogP contribution in [-0.2, 0) is 11.3 Å². The van der Waals surface area contributed by atoms with Gasteiger partial charge in [0, 0.05) is 10.0 Å². The average Bonchev–Trinajstić information content (AvgIpc) is 3.37. The minimum atomic E-state index is -0.244. The quantitative estimate of drug-likeness (QED) is 0.219. The van der Waals surface area contributed by atoms with E-state index in [-0.39, 0.29) is 18.2 Å². The number of phenolic OH excluding ortho intramolecular Hbond substituents is 1. The zero-order chi connectivity index (χ0) is 22.7. The Kier molecular flexibility index (Phi) is 6.98. The number of hydrogen-bond donors (Lipinski definition) is 1. The monoisotopic (exact) mass is 573 g/mol. The first-order valence-corrected chi connectivity index (χ1v) is 11.9. The molecule has 6 nitrogen and oxygen atoms in total. The second-order valence-electron chi connectivity index (χ2n) is 6.89. The molecular formula is C23H17Br2N3O3S. The van der Waals surface area contributed by atoms with E-state index in [0.717, 1.165) is 15.6 Å². The lowest BCUT2D eigenvalue weighted by Gasteiger charge is -2.12. The van der Waals surface area contributed by atoms with Crippen LogP contribution in [0.5, 0.6) is 5.75 Å². The van der Waals surface area contributed by atoms with Crippen LogP contribution in [0.15, 0.2) is 83.3 Å². The summed E-state index contributed by atoms with van der Waals surface area (Å²) in [4.78, 5) is 15.1. The van der Waals surface area contributed by atoms with Gasteiger partial charge in [-0.3, -0.25) is 9.69 Å². The largest absolute Gasteiger partial charge is 0.506 e. The minimum Gasteiger partial charge on any atom is -0.506 e. The van der Waals surface area contributed by atoms with Crippen molar-refractivity contribution in [2.75, 3.05) is 0 Å². The number of amidine groups is 1. The summed E-state index contributed by atoms with van der Waals surface area (Å²) in [6, 6.07) is 14.9. The first kappa shape index (κ1) is 22.6. The Hall–Kier alpha value is -2.62. The van der Waals surface area contributed by atoms with Crippen LogP contribution < -0.4 is 0 Å². The standard InChI is InChI=1S/C23H17Br2N3O3S/c1-14-5-2-3-6-15(14)12-26-27-23-28(13-18-7-4-8-31-18)22(30)20(32-23)10-16-9-17(24)11-19(25)21(16)29/h2-12,29H,13H2,1H3/b20-10-,26-12+,27-23-. The topological polar surface area (TPSA) is 78.4 Å². The number of rotatable bonds is 5. The Bertz CT molecular complexity index is 1250. The van der Waals surface area contributed by atoms with Crippen LogP contribution in [0.25, 0.3) is 6.08 Å². The number of amides is 1. The fraction of sp³-hybridized carbons (Fsp3) is 0.0870. The number of aryl methyl sites for hydroxylation is 1. The Morgan fingerprint density at radius 2 is 1.97 bits per heavy atom. The van der Waals surface area contributed by atoms with E-state index in [1.54, 1.807) is 42.8 Å². The smallest absolute Gasteiger partial charge is 0.267 e. The number of phenols is 1. The summed E-state index contributed by atoms with van der Waals surface area (Å²) in [6.07, 6.45) is 4.86. The number of hydrogen-bond acceptors (Lipinski definition) is 6. The molecule has 1 fully saturated rings. The molecule has 1 aromatic heterocycles. The number of carbonyl (C=O) groups is 1. The highest BCUT2D eigenvalue weighted by Crippen LogP contribution is 2.38. The van der Waals surface area contributed by atoms with Gasteiger partial charge in [-0.05, 0) is 76.1 Å². The number of aromatic hydroxyl groups is 1. The molecule has 1 N–H and O–H groups in total. The number of nitrogens with zero attached hydrogens (tertiary/aromatic N) is 3. The molecule has 1 aliphatic rings. The molecule has 1 aliphatic heterocycles. The molecule has 0 unspecified atom stereocenters. The van der Waals surface area contributed by atoms with E-state index in [1.165, 1.54) is 16.7 Å². The van der Waals surface area contributed by atoms with Crippen LogP contribution in [0, 0.1) is 6.92 Å². The average molecular weight is 575 g/mol. The van der Waals surface area contributed by atoms with Gasteiger partial charge in [0.05, 0.1) is 28.4 Å². The van der Waals surface area contributed by atoms with Crippen molar-refractivity contribution in [3.63, 3.8) is 0 Å². The summed E-state index contributed by atoms with van der Waals surface area (Å²) in [6.45, 7) is 2.22. The summed E-state index contributed by atoms with van der Waals surface area (Å²) in [5.74, 6) is 0.435. The van der Waals surface area contributed by atoms with Gasteiger partial charge in [0.1, 0.15) is 11.5 Å². The van der Waals surface area contributed by atoms with Crippen LogP contribution in [0.4, 0.5) is 0 Å². The van der Waals surface area contributed by atoms with Gasteiger partial charge >= 0.3 is 0 Å². The normalized spacial score (nSPS) is 16.7. The van der Waals surface area contributed by atoms with Crippen LogP contribution in [0.1, 0.15) is 22.5 Å². The molecule has 0 saturated carbocycles. The van der Waals surface area contributed by atoms with Crippen molar-refractivity contribution in [1.29, 1.82) is 0 Å². The Morgan fingerprint density at radius 1 is 1.16 bits per heavy atom. The number of thioether (sulfide) groups is 1. The predicted octanol–water partition coefficient (Wildman–Crippen LogP) is 6.33. The maximum Gasteiger partial charge on any atom is 0.267 e. The molecular weight excluding hydrogens is 558 g/mol. The number of benzene rings is 2. The van der Waals surface area contributed by atoms with Crippen molar-refractivity contribution in [1.82, 2.24) is 4.90 Å². The van der Waals surface area contributed by atoms with Crippen LogP contribution in [0.2, 0.25) is 0 Å². The maximum atomic E-state index is 13.2. The third-order valence-electron chi connectivity index (χ3n) is 4.65. The van der Waals surface area contributed by atoms with Gasteiger partial charge in [-0.25, -0.2) is 0 Å². The highest BCUT2D eigenvalue weighted by atomic mass is 79.9. The lowest BCUT2D eigenvalue weighted by atomic mass is 10.1. The van der Waals surface area contributed by atoms with Gasteiger partial charge in [0.2, 0.25) is 0 Å². The van der Waals surface area contributed by atoms with E-state index in [9.17, 15) is 9.90 Å². The van der Waals surface area contributed by atoms with Crippen molar-refractivity contribution in [3.05, 3.63) is 91.1 Å². The highest BCUT2D eigenvalue weighted by molar-refractivity contribution is 9.11. The van der Waals surface area contributed by atoms with Gasteiger partial charge in [0.15, 0.2) is 5.17 Å². The molecule has 162 valence electrons. The molecule has 0 bridgehead atoms. The third-order valence-corrected chi connectivity index (χ3v) is 6.71. The van der Waals surface area contributed by atoms with E-state index >= 15 is 0 Å². The van der Waals surface area contributed by atoms with Gasteiger partial charge in [0.25, 0.3) is 5.91 Å². The van der Waals surface area contributed by atoms with Gasteiger partial charge < -0.3 is 9.52 Å². The second-order valence-corrected chi connectivity index (χ2v) is 9.67. The molecule has 32 heavy (non-hydrogen) atoms. The number of carbonyl (C=O) groups excluding carboxylic acids is 1. The SMILES string of the molecule is Cc1ccccc1/C=N/N=C1\S/C(=C\c2cc(Br)cc(Br)c2O)C(=O)N1Cc1ccco1. The molecule has 0 atom stereocenters. The van der Waals surface area contributed by atoms with Crippen LogP contribution in [0.3, 0.4) is 0 Å². The zero-order valence-corrected chi connectivity index (χ0v) is 20.8. The fourth-order valence-corrected chi connectivity index (χ4v) is 5.17. The van der Waals surface area contributed by atoms with E-state index in [0.29, 0.717) is 25.9 Å². The Morgan fingerprint density at radius 3 is 2.72 bits per heavy atom. The lowest BCUT2D eigenvalue weighted by molar-refractivity contribution is -0.122. The molecule has 2 aromatic carbocycles. The number of furan rings is 1. The van der Waals surface area contributed by atoms with Crippen molar-refractivity contribution in [3.8, 4) is 5.75 Å². The highest BCUT2D eigenvalue weighted by Gasteiger charge is 2.34. The van der Waals surface area contributed by atoms with Crippen molar-refractivity contribution < 1.29 is 14.3 Å². The molecule has 1 amide bonds. The van der Waals surface area contributed by atoms with Crippen molar-refractivity contribution >= 4 is 67.0 Å². The molecule has 0 aliphatic carbocycles. The molecule has 2 heterocycles. The Balaban J connectivity index is 1.68. The van der Waals surface area contributed by atoms with Gasteiger partial charge in [-0.2, -0.15) is 5.10 Å². The summed E-state index contributed by atoms with van der Waals surface area (Å²) in [5.41, 5.74) is 2.53. The fourth-order valence-electron chi connectivity index (χ4n) is 2.99. The van der Waals surface area contributed by atoms with Crippen LogP contribution >= 0.6 is 43.6 Å². The van der Waals surface area contributed by atoms with Crippen LogP contribution in [-0.4, -0.2) is 27.3 Å². The van der Waals surface area contributed by atoms with E-state index in [1.807, 2.05) is 31.2 Å². The molecule has 4 rings (SSSR count). The Labute approximate surface area is 206 Å². The van der Waals surface area contributed by atoms with E-state index in [2.05, 4.69) is 42.1 Å². The van der Waals surface area contributed by atoms with Crippen molar-refractivity contribution in [2.24, 2.45) is 10.2 Å². The number of halogens is 2. The van der Waals surface area contributed by atoms with Gasteiger partial charge in [-0.15, -0.1) is 5.10 Å². The van der Waals surface area contributed by atoms with Gasteiger partial charge in [-0.1, -0.05) is 40.2 Å². The molecule has 1 saturated heterocycles. The zero-order valence-electron chi connectivity index (χ0n) is 16.8. The van der Waals surface area contributed by atoms with Crippen molar-refractivity contribution in [2.45, 2.75) is 13.5 Å². The minimum absolute atomic E-state index is 0.0506. The molecule has 3 aromatic rings. The molecule has 9 heteroatoms. The second kappa shape index (κ2) is 9.89. The first-order valence-electron chi connectivity index (χ1n) is 9.51. The van der Waals surface area contributed by atoms with E-state index < -0.39 is 0 Å². The lowest BCUT2D eigenvalue weighted by Crippen LogP contribution is -2.28. The summed E-state index contributed by atoms with van der Waals surface area (Å²) in [7, 11) is 0. The predicted molar refractivity (Wildman–Crippen MR) is 135 cm³/mol. The molecule has 0 spiro atoms. The van der Waals surface area contributed by atoms with E-state index in [4.69, 9.17) is 4.42 Å². The molecule has 0 radical (unpaired) electrons. The first-order chi connectivity index (χ1) is 15.4. The maximum absolute atomic E-state index is 13.2. The summed E-state index contributed by atoms with van der Waals surface area (Å²) < 4.78 is 6.72. The summed E-state index contributed by atoms with van der Waals surface area (Å²) >= 11 is 7.92. The summed E-state index contributed by atoms with van der Waals surface area (Å²) in [5, 5.41) is 19.3.